The fourth-order valence-electron chi connectivity index (χ4n) is 3.34. The van der Waals surface area contributed by atoms with Crippen LogP contribution in [0.25, 0.3) is 10.9 Å². The van der Waals surface area contributed by atoms with Crippen molar-refractivity contribution in [1.82, 2.24) is 9.47 Å². The van der Waals surface area contributed by atoms with E-state index in [4.69, 9.17) is 0 Å². The molecule has 2 amide bonds. The van der Waals surface area contributed by atoms with Crippen molar-refractivity contribution in [3.63, 3.8) is 0 Å². The van der Waals surface area contributed by atoms with Crippen LogP contribution in [0.1, 0.15) is 27.2 Å². The maximum atomic E-state index is 12.4. The maximum Gasteiger partial charge on any atom is 0.321 e. The summed E-state index contributed by atoms with van der Waals surface area (Å²) >= 11 is 0. The number of benzene rings is 1. The molecule has 2 N–H and O–H groups in total. The van der Waals surface area contributed by atoms with Gasteiger partial charge in [-0.15, -0.1) is 0 Å². The zero-order valence-corrected chi connectivity index (χ0v) is 15.0. The first-order valence-corrected chi connectivity index (χ1v) is 8.67. The summed E-state index contributed by atoms with van der Waals surface area (Å²) in [6.07, 6.45) is 2.54. The highest BCUT2D eigenvalue weighted by atomic mass is 16.4. The lowest BCUT2D eigenvalue weighted by Crippen LogP contribution is -2.37. The topological polar surface area (TPSA) is 74.6 Å². The number of carboxylic acids is 1. The second kappa shape index (κ2) is 6.43. The number of hydrogen-bond donors (Lipinski definition) is 2. The number of hydrogen-bond acceptors (Lipinski definition) is 2. The fourth-order valence-corrected chi connectivity index (χ4v) is 3.34. The van der Waals surface area contributed by atoms with Gasteiger partial charge in [0.2, 0.25) is 0 Å². The van der Waals surface area contributed by atoms with Crippen molar-refractivity contribution in [2.75, 3.05) is 18.4 Å². The minimum atomic E-state index is -0.852. The molecule has 6 heteroatoms. The summed E-state index contributed by atoms with van der Waals surface area (Å²) in [6, 6.07) is 7.66. The Morgan fingerprint density at radius 1 is 1.32 bits per heavy atom. The predicted octanol–water partition coefficient (Wildman–Crippen LogP) is 3.63. The first kappa shape index (κ1) is 17.3. The molecule has 6 nitrogen and oxygen atoms in total. The van der Waals surface area contributed by atoms with Gasteiger partial charge in [-0.2, -0.15) is 0 Å². The first-order valence-electron chi connectivity index (χ1n) is 8.67. The number of fused-ring (bicyclic) bond motifs is 1. The number of nitrogens with one attached hydrogen (secondary N) is 1. The third-order valence-corrected chi connectivity index (χ3v) is 4.86. The predicted molar refractivity (Wildman–Crippen MR) is 97.7 cm³/mol. The van der Waals surface area contributed by atoms with E-state index < -0.39 is 11.4 Å². The number of carbonyl (C=O) groups is 2. The molecule has 0 spiro atoms. The number of rotatable bonds is 4. The van der Waals surface area contributed by atoms with Crippen molar-refractivity contribution >= 4 is 28.6 Å². The molecular weight excluding hydrogens is 318 g/mol. The second-order valence-electron chi connectivity index (χ2n) is 7.60. The van der Waals surface area contributed by atoms with Crippen LogP contribution in [0.3, 0.4) is 0 Å². The van der Waals surface area contributed by atoms with Crippen molar-refractivity contribution in [1.29, 1.82) is 0 Å². The number of carboxylic acid groups (broad SMARTS) is 1. The molecule has 0 saturated carbocycles. The van der Waals surface area contributed by atoms with E-state index in [1.54, 1.807) is 11.8 Å². The van der Waals surface area contributed by atoms with Gasteiger partial charge in [0.1, 0.15) is 0 Å². The van der Waals surface area contributed by atoms with E-state index in [0.717, 1.165) is 23.1 Å². The number of aromatic nitrogens is 1. The Bertz CT molecular complexity index is 811. The maximum absolute atomic E-state index is 12.4. The lowest BCUT2D eigenvalue weighted by Gasteiger charge is -2.20. The van der Waals surface area contributed by atoms with Crippen molar-refractivity contribution in [2.24, 2.45) is 11.3 Å². The number of nitrogens with zero attached hydrogens (tertiary/aromatic N) is 2. The standard InChI is InChI=1S/C19H25N3O3/c1-13(2)11-21-8-6-14-10-15(4-5-16(14)21)20-18(25)22-9-7-19(3,12-22)17(23)24/h4-6,8,10,13H,7,9,11-12H2,1-3H3,(H,20,25)(H,23,24). The van der Waals surface area contributed by atoms with E-state index >= 15 is 0 Å². The summed E-state index contributed by atoms with van der Waals surface area (Å²) in [4.78, 5) is 25.3. The van der Waals surface area contributed by atoms with Crippen LogP contribution >= 0.6 is 0 Å². The largest absolute Gasteiger partial charge is 0.481 e. The highest BCUT2D eigenvalue weighted by molar-refractivity contribution is 5.93. The number of carbonyl (C=O) groups excluding carboxylic acids is 1. The van der Waals surface area contributed by atoms with Crippen LogP contribution in [0.15, 0.2) is 30.5 Å². The van der Waals surface area contributed by atoms with Crippen LogP contribution in [0, 0.1) is 11.3 Å². The lowest BCUT2D eigenvalue weighted by atomic mass is 9.90. The van der Waals surface area contributed by atoms with Crippen LogP contribution < -0.4 is 5.32 Å². The molecule has 3 rings (SSSR count). The highest BCUT2D eigenvalue weighted by Gasteiger charge is 2.42. The van der Waals surface area contributed by atoms with Crippen LogP contribution in [0.4, 0.5) is 10.5 Å². The highest BCUT2D eigenvalue weighted by Crippen LogP contribution is 2.30. The van der Waals surface area contributed by atoms with Gasteiger partial charge in [-0.05, 0) is 43.5 Å². The molecule has 1 aliphatic rings. The third kappa shape index (κ3) is 3.48. The van der Waals surface area contributed by atoms with Gasteiger partial charge < -0.3 is 19.9 Å². The summed E-state index contributed by atoms with van der Waals surface area (Å²) < 4.78 is 2.21. The molecule has 1 aromatic carbocycles. The number of aliphatic carboxylic acids is 1. The summed E-state index contributed by atoms with van der Waals surface area (Å²) in [6.45, 7) is 7.70. The smallest absolute Gasteiger partial charge is 0.321 e. The molecule has 1 aromatic heterocycles. The average molecular weight is 343 g/mol. The molecule has 1 unspecified atom stereocenters. The van der Waals surface area contributed by atoms with Crippen LogP contribution in [0.5, 0.6) is 0 Å². The Balaban J connectivity index is 1.71. The van der Waals surface area contributed by atoms with Gasteiger partial charge >= 0.3 is 12.0 Å². The molecular formula is C19H25N3O3. The molecule has 134 valence electrons. The Morgan fingerprint density at radius 3 is 2.72 bits per heavy atom. The number of amides is 2. The summed E-state index contributed by atoms with van der Waals surface area (Å²) in [5, 5.41) is 13.3. The molecule has 1 atom stereocenters. The van der Waals surface area contributed by atoms with Gasteiger partial charge in [0.25, 0.3) is 0 Å². The zero-order valence-electron chi connectivity index (χ0n) is 15.0. The van der Waals surface area contributed by atoms with Crippen LogP contribution in [-0.2, 0) is 11.3 Å². The van der Waals surface area contributed by atoms with E-state index in [1.807, 2.05) is 24.3 Å². The first-order chi connectivity index (χ1) is 11.8. The molecule has 2 heterocycles. The van der Waals surface area contributed by atoms with Crippen molar-refractivity contribution in [2.45, 2.75) is 33.7 Å². The third-order valence-electron chi connectivity index (χ3n) is 4.86. The average Bonchev–Trinajstić information content (AvgIpc) is 3.12. The SMILES string of the molecule is CC(C)Cn1ccc2cc(NC(=O)N3CCC(C)(C(=O)O)C3)ccc21. The normalized spacial score (nSPS) is 20.4. The molecule has 1 saturated heterocycles. The molecule has 0 radical (unpaired) electrons. The van der Waals surface area contributed by atoms with Crippen LogP contribution in [-0.4, -0.2) is 39.7 Å². The zero-order chi connectivity index (χ0) is 18.2. The number of urea groups is 1. The Morgan fingerprint density at radius 2 is 2.08 bits per heavy atom. The van der Waals surface area contributed by atoms with Gasteiger partial charge in [-0.1, -0.05) is 13.8 Å². The molecule has 0 bridgehead atoms. The van der Waals surface area contributed by atoms with Crippen molar-refractivity contribution < 1.29 is 14.7 Å². The lowest BCUT2D eigenvalue weighted by molar-refractivity contribution is -0.146. The van der Waals surface area contributed by atoms with Gasteiger partial charge in [0, 0.05) is 42.4 Å². The Labute approximate surface area is 147 Å². The van der Waals surface area contributed by atoms with Gasteiger partial charge in [0.05, 0.1) is 5.41 Å². The van der Waals surface area contributed by atoms with E-state index in [2.05, 4.69) is 29.9 Å². The summed E-state index contributed by atoms with van der Waals surface area (Å²) in [5.41, 5.74) is 1.02. The number of anilines is 1. The Hall–Kier alpha value is -2.50. The van der Waals surface area contributed by atoms with E-state index in [9.17, 15) is 14.7 Å². The van der Waals surface area contributed by atoms with Gasteiger partial charge in [-0.25, -0.2) is 4.79 Å². The molecule has 2 aromatic rings. The second-order valence-corrected chi connectivity index (χ2v) is 7.60. The molecule has 1 aliphatic heterocycles. The number of likely N-dealkylation sites (tertiary alicyclic amines) is 1. The van der Waals surface area contributed by atoms with Gasteiger partial charge in [0.15, 0.2) is 0 Å². The molecule has 1 fully saturated rings. The summed E-state index contributed by atoms with van der Waals surface area (Å²) in [5.74, 6) is -0.288. The fraction of sp³-hybridized carbons (Fsp3) is 0.474. The van der Waals surface area contributed by atoms with Gasteiger partial charge in [-0.3, -0.25) is 4.79 Å². The summed E-state index contributed by atoms with van der Waals surface area (Å²) in [7, 11) is 0. The van der Waals surface area contributed by atoms with Crippen molar-refractivity contribution in [3.8, 4) is 0 Å². The Kier molecular flexibility index (Phi) is 4.45. The van der Waals surface area contributed by atoms with E-state index in [1.165, 1.54) is 0 Å². The molecule has 0 aliphatic carbocycles. The van der Waals surface area contributed by atoms with Crippen LogP contribution in [0.2, 0.25) is 0 Å². The molecule has 25 heavy (non-hydrogen) atoms. The minimum absolute atomic E-state index is 0.237. The quantitative estimate of drug-likeness (QED) is 0.890. The van der Waals surface area contributed by atoms with Crippen molar-refractivity contribution in [3.05, 3.63) is 30.5 Å². The van der Waals surface area contributed by atoms with E-state index in [0.29, 0.717) is 18.9 Å². The monoisotopic (exact) mass is 343 g/mol. The van der Waals surface area contributed by atoms with E-state index in [-0.39, 0.29) is 12.6 Å². The minimum Gasteiger partial charge on any atom is -0.481 e.